The summed E-state index contributed by atoms with van der Waals surface area (Å²) in [7, 11) is 0. The van der Waals surface area contributed by atoms with Crippen LogP contribution in [0, 0.1) is 0 Å². The predicted molar refractivity (Wildman–Crippen MR) is 84.2 cm³/mol. The van der Waals surface area contributed by atoms with Crippen molar-refractivity contribution in [1.82, 2.24) is 5.32 Å². The standard InChI is InChI=1S/C17H20ClNO/c1-13(2)19-11-15-9-6-10-16(18)17(15)20-12-14-7-4-3-5-8-14/h3-10,13,19H,11-12H2,1-2H3. The molecule has 0 radical (unpaired) electrons. The number of ether oxygens (including phenoxy) is 1. The summed E-state index contributed by atoms with van der Waals surface area (Å²) in [6.45, 7) is 5.52. The van der Waals surface area contributed by atoms with Crippen LogP contribution in [0.4, 0.5) is 0 Å². The summed E-state index contributed by atoms with van der Waals surface area (Å²) < 4.78 is 5.91. The maximum atomic E-state index is 6.26. The van der Waals surface area contributed by atoms with Crippen molar-refractivity contribution in [3.05, 3.63) is 64.7 Å². The van der Waals surface area contributed by atoms with Gasteiger partial charge in [-0.2, -0.15) is 0 Å². The summed E-state index contributed by atoms with van der Waals surface area (Å²) in [5.41, 5.74) is 2.22. The van der Waals surface area contributed by atoms with Gasteiger partial charge in [-0.05, 0) is 11.6 Å². The van der Waals surface area contributed by atoms with Crippen molar-refractivity contribution in [3.63, 3.8) is 0 Å². The largest absolute Gasteiger partial charge is 0.487 e. The van der Waals surface area contributed by atoms with E-state index in [0.29, 0.717) is 17.7 Å². The molecular weight excluding hydrogens is 270 g/mol. The first kappa shape index (κ1) is 14.9. The maximum absolute atomic E-state index is 6.26. The topological polar surface area (TPSA) is 21.3 Å². The SMILES string of the molecule is CC(C)NCc1cccc(Cl)c1OCc1ccccc1. The molecule has 0 aliphatic carbocycles. The summed E-state index contributed by atoms with van der Waals surface area (Å²) in [5.74, 6) is 0.770. The van der Waals surface area contributed by atoms with Gasteiger partial charge in [-0.1, -0.05) is 67.9 Å². The molecule has 0 aliphatic rings. The van der Waals surface area contributed by atoms with Crippen LogP contribution in [0.25, 0.3) is 0 Å². The fourth-order valence-corrected chi connectivity index (χ4v) is 2.15. The van der Waals surface area contributed by atoms with Crippen molar-refractivity contribution in [1.29, 1.82) is 0 Å². The van der Waals surface area contributed by atoms with Gasteiger partial charge >= 0.3 is 0 Å². The van der Waals surface area contributed by atoms with Gasteiger partial charge in [-0.3, -0.25) is 0 Å². The van der Waals surface area contributed by atoms with E-state index in [0.717, 1.165) is 23.4 Å². The van der Waals surface area contributed by atoms with Crippen LogP contribution in [0.2, 0.25) is 5.02 Å². The van der Waals surface area contributed by atoms with Gasteiger partial charge in [0, 0.05) is 18.2 Å². The van der Waals surface area contributed by atoms with Crippen molar-refractivity contribution in [2.24, 2.45) is 0 Å². The fraction of sp³-hybridized carbons (Fsp3) is 0.294. The monoisotopic (exact) mass is 289 g/mol. The molecule has 2 rings (SSSR count). The maximum Gasteiger partial charge on any atom is 0.142 e. The summed E-state index contributed by atoms with van der Waals surface area (Å²) in [6, 6.07) is 16.4. The Morgan fingerprint density at radius 3 is 2.50 bits per heavy atom. The lowest BCUT2D eigenvalue weighted by atomic mass is 10.2. The summed E-state index contributed by atoms with van der Waals surface area (Å²) in [6.07, 6.45) is 0. The van der Waals surface area contributed by atoms with Gasteiger partial charge in [0.2, 0.25) is 0 Å². The van der Waals surface area contributed by atoms with Crippen molar-refractivity contribution in [3.8, 4) is 5.75 Å². The molecule has 20 heavy (non-hydrogen) atoms. The quantitative estimate of drug-likeness (QED) is 0.850. The molecule has 0 atom stereocenters. The highest BCUT2D eigenvalue weighted by Gasteiger charge is 2.09. The molecule has 106 valence electrons. The second kappa shape index (κ2) is 7.32. The van der Waals surface area contributed by atoms with Gasteiger partial charge in [0.25, 0.3) is 0 Å². The average molecular weight is 290 g/mol. The lowest BCUT2D eigenvalue weighted by Crippen LogP contribution is -2.22. The number of rotatable bonds is 6. The van der Waals surface area contributed by atoms with Crippen LogP contribution >= 0.6 is 11.6 Å². The van der Waals surface area contributed by atoms with E-state index >= 15 is 0 Å². The zero-order chi connectivity index (χ0) is 14.4. The Hall–Kier alpha value is -1.51. The summed E-state index contributed by atoms with van der Waals surface area (Å²) in [5, 5.41) is 4.05. The smallest absolute Gasteiger partial charge is 0.142 e. The van der Waals surface area contributed by atoms with Crippen LogP contribution in [0.5, 0.6) is 5.75 Å². The fourth-order valence-electron chi connectivity index (χ4n) is 1.90. The minimum atomic E-state index is 0.427. The molecule has 0 unspecified atom stereocenters. The first-order chi connectivity index (χ1) is 9.66. The van der Waals surface area contributed by atoms with E-state index in [1.165, 1.54) is 0 Å². The van der Waals surface area contributed by atoms with Gasteiger partial charge < -0.3 is 10.1 Å². The van der Waals surface area contributed by atoms with E-state index < -0.39 is 0 Å². The molecule has 2 nitrogen and oxygen atoms in total. The van der Waals surface area contributed by atoms with E-state index in [-0.39, 0.29) is 0 Å². The Bertz CT molecular complexity index is 540. The number of hydrogen-bond donors (Lipinski definition) is 1. The van der Waals surface area contributed by atoms with Crippen LogP contribution < -0.4 is 10.1 Å². The number of halogens is 1. The number of hydrogen-bond acceptors (Lipinski definition) is 2. The molecule has 0 bridgehead atoms. The number of benzene rings is 2. The third kappa shape index (κ3) is 4.26. The van der Waals surface area contributed by atoms with Crippen molar-refractivity contribution in [2.45, 2.75) is 33.0 Å². The zero-order valence-corrected chi connectivity index (χ0v) is 12.7. The highest BCUT2D eigenvalue weighted by atomic mass is 35.5. The van der Waals surface area contributed by atoms with E-state index in [1.54, 1.807) is 0 Å². The first-order valence-corrected chi connectivity index (χ1v) is 7.22. The van der Waals surface area contributed by atoms with Crippen LogP contribution in [0.1, 0.15) is 25.0 Å². The molecule has 0 amide bonds. The Morgan fingerprint density at radius 1 is 1.05 bits per heavy atom. The van der Waals surface area contributed by atoms with E-state index in [1.807, 2.05) is 48.5 Å². The van der Waals surface area contributed by atoms with E-state index in [9.17, 15) is 0 Å². The van der Waals surface area contributed by atoms with Crippen LogP contribution in [-0.2, 0) is 13.2 Å². The van der Waals surface area contributed by atoms with Gasteiger partial charge in [0.15, 0.2) is 0 Å². The van der Waals surface area contributed by atoms with Crippen molar-refractivity contribution < 1.29 is 4.74 Å². The van der Waals surface area contributed by atoms with E-state index in [2.05, 4.69) is 19.2 Å². The lowest BCUT2D eigenvalue weighted by Gasteiger charge is -2.15. The lowest BCUT2D eigenvalue weighted by molar-refractivity contribution is 0.302. The molecule has 2 aromatic carbocycles. The Morgan fingerprint density at radius 2 is 1.80 bits per heavy atom. The second-order valence-corrected chi connectivity index (χ2v) is 5.45. The van der Waals surface area contributed by atoms with Crippen LogP contribution in [0.3, 0.4) is 0 Å². The number of nitrogens with one attached hydrogen (secondary N) is 1. The minimum Gasteiger partial charge on any atom is -0.487 e. The zero-order valence-electron chi connectivity index (χ0n) is 11.9. The third-order valence-electron chi connectivity index (χ3n) is 2.98. The van der Waals surface area contributed by atoms with E-state index in [4.69, 9.17) is 16.3 Å². The van der Waals surface area contributed by atoms with Crippen molar-refractivity contribution >= 4 is 11.6 Å². The van der Waals surface area contributed by atoms with Crippen LogP contribution in [-0.4, -0.2) is 6.04 Å². The van der Waals surface area contributed by atoms with Gasteiger partial charge in [-0.25, -0.2) is 0 Å². The molecule has 0 saturated heterocycles. The Balaban J connectivity index is 2.09. The molecule has 1 N–H and O–H groups in total. The molecular formula is C17H20ClNO. The van der Waals surface area contributed by atoms with Gasteiger partial charge in [0.05, 0.1) is 5.02 Å². The summed E-state index contributed by atoms with van der Waals surface area (Å²) in [4.78, 5) is 0. The molecule has 0 fully saturated rings. The molecule has 0 aromatic heterocycles. The summed E-state index contributed by atoms with van der Waals surface area (Å²) >= 11 is 6.26. The third-order valence-corrected chi connectivity index (χ3v) is 3.27. The molecule has 0 heterocycles. The molecule has 0 aliphatic heterocycles. The number of para-hydroxylation sites is 1. The molecule has 2 aromatic rings. The minimum absolute atomic E-state index is 0.427. The Kier molecular flexibility index (Phi) is 5.45. The van der Waals surface area contributed by atoms with Crippen molar-refractivity contribution in [2.75, 3.05) is 0 Å². The first-order valence-electron chi connectivity index (χ1n) is 6.84. The molecule has 3 heteroatoms. The van der Waals surface area contributed by atoms with Gasteiger partial charge in [0.1, 0.15) is 12.4 Å². The highest BCUT2D eigenvalue weighted by Crippen LogP contribution is 2.29. The Labute approximate surface area is 125 Å². The van der Waals surface area contributed by atoms with Crippen LogP contribution in [0.15, 0.2) is 48.5 Å². The van der Waals surface area contributed by atoms with Gasteiger partial charge in [-0.15, -0.1) is 0 Å². The normalized spacial score (nSPS) is 10.8. The molecule has 0 spiro atoms. The highest BCUT2D eigenvalue weighted by molar-refractivity contribution is 6.32. The molecule has 0 saturated carbocycles. The second-order valence-electron chi connectivity index (χ2n) is 5.04. The average Bonchev–Trinajstić information content (AvgIpc) is 2.45. The predicted octanol–water partition coefficient (Wildman–Crippen LogP) is 4.42.